The SMILES string of the molecule is COC(=O)CCNC1C(=O)Nc2ccc(Cl)cc21. The molecule has 0 bridgehead atoms. The van der Waals surface area contributed by atoms with Crippen molar-refractivity contribution < 1.29 is 14.3 Å². The molecular formula is C12H13ClN2O3. The third kappa shape index (κ3) is 2.63. The summed E-state index contributed by atoms with van der Waals surface area (Å²) in [6.07, 6.45) is 0.218. The van der Waals surface area contributed by atoms with Gasteiger partial charge in [0.15, 0.2) is 0 Å². The van der Waals surface area contributed by atoms with Gasteiger partial charge in [-0.25, -0.2) is 0 Å². The predicted octanol–water partition coefficient (Wildman–Crippen LogP) is 1.49. The van der Waals surface area contributed by atoms with Gasteiger partial charge in [-0.1, -0.05) is 11.6 Å². The van der Waals surface area contributed by atoms with Crippen molar-refractivity contribution in [1.29, 1.82) is 0 Å². The molecule has 6 heteroatoms. The number of fused-ring (bicyclic) bond motifs is 1. The molecule has 1 aliphatic heterocycles. The normalized spacial score (nSPS) is 17.2. The molecule has 0 saturated carbocycles. The van der Waals surface area contributed by atoms with Crippen molar-refractivity contribution in [3.8, 4) is 0 Å². The van der Waals surface area contributed by atoms with Crippen molar-refractivity contribution in [3.63, 3.8) is 0 Å². The summed E-state index contributed by atoms with van der Waals surface area (Å²) in [5, 5.41) is 6.33. The molecule has 1 aliphatic rings. The average molecular weight is 269 g/mol. The van der Waals surface area contributed by atoms with E-state index in [1.807, 2.05) is 0 Å². The molecule has 0 radical (unpaired) electrons. The molecule has 1 aromatic rings. The van der Waals surface area contributed by atoms with Crippen molar-refractivity contribution in [2.24, 2.45) is 0 Å². The Hall–Kier alpha value is -1.59. The molecule has 5 nitrogen and oxygen atoms in total. The van der Waals surface area contributed by atoms with Gasteiger partial charge < -0.3 is 15.4 Å². The van der Waals surface area contributed by atoms with Gasteiger partial charge in [-0.2, -0.15) is 0 Å². The minimum absolute atomic E-state index is 0.142. The maximum absolute atomic E-state index is 11.8. The molecule has 1 heterocycles. The molecule has 1 aromatic carbocycles. The summed E-state index contributed by atoms with van der Waals surface area (Å²) in [5.74, 6) is -0.454. The van der Waals surface area contributed by atoms with Gasteiger partial charge in [0.2, 0.25) is 5.91 Å². The van der Waals surface area contributed by atoms with E-state index in [9.17, 15) is 9.59 Å². The van der Waals surface area contributed by atoms with Gasteiger partial charge >= 0.3 is 5.97 Å². The highest BCUT2D eigenvalue weighted by molar-refractivity contribution is 6.31. The second-order valence-corrected chi connectivity index (χ2v) is 4.37. The van der Waals surface area contributed by atoms with Crippen LogP contribution in [0.3, 0.4) is 0 Å². The third-order valence-electron chi connectivity index (χ3n) is 2.75. The fourth-order valence-electron chi connectivity index (χ4n) is 1.86. The lowest BCUT2D eigenvalue weighted by Gasteiger charge is -2.10. The Morgan fingerprint density at radius 3 is 3.06 bits per heavy atom. The minimum Gasteiger partial charge on any atom is -0.469 e. The summed E-state index contributed by atoms with van der Waals surface area (Å²) < 4.78 is 4.53. The second kappa shape index (κ2) is 5.37. The maximum atomic E-state index is 11.8. The monoisotopic (exact) mass is 268 g/mol. The van der Waals surface area contributed by atoms with E-state index in [0.29, 0.717) is 11.6 Å². The molecule has 2 N–H and O–H groups in total. The van der Waals surface area contributed by atoms with Crippen LogP contribution in [0, 0.1) is 0 Å². The molecule has 2 rings (SSSR count). The van der Waals surface area contributed by atoms with Crippen molar-refractivity contribution in [3.05, 3.63) is 28.8 Å². The van der Waals surface area contributed by atoms with Crippen LogP contribution >= 0.6 is 11.6 Å². The van der Waals surface area contributed by atoms with Gasteiger partial charge in [0, 0.05) is 22.8 Å². The van der Waals surface area contributed by atoms with Crippen molar-refractivity contribution >= 4 is 29.2 Å². The maximum Gasteiger partial charge on any atom is 0.306 e. The van der Waals surface area contributed by atoms with E-state index in [2.05, 4.69) is 15.4 Å². The number of amides is 1. The molecule has 0 spiro atoms. The smallest absolute Gasteiger partial charge is 0.306 e. The zero-order valence-electron chi connectivity index (χ0n) is 9.83. The first-order chi connectivity index (χ1) is 8.61. The fraction of sp³-hybridized carbons (Fsp3) is 0.333. The van der Waals surface area contributed by atoms with E-state index in [-0.39, 0.29) is 18.3 Å². The summed E-state index contributed by atoms with van der Waals surface area (Å²) in [4.78, 5) is 22.7. The van der Waals surface area contributed by atoms with Crippen molar-refractivity contribution in [2.45, 2.75) is 12.5 Å². The van der Waals surface area contributed by atoms with Crippen LogP contribution in [-0.2, 0) is 14.3 Å². The van der Waals surface area contributed by atoms with E-state index >= 15 is 0 Å². The average Bonchev–Trinajstić information content (AvgIpc) is 2.65. The van der Waals surface area contributed by atoms with Gasteiger partial charge in [-0.3, -0.25) is 9.59 Å². The molecule has 1 atom stereocenters. The molecule has 96 valence electrons. The number of benzene rings is 1. The van der Waals surface area contributed by atoms with Crippen LogP contribution in [0.15, 0.2) is 18.2 Å². The lowest BCUT2D eigenvalue weighted by Crippen LogP contribution is -2.29. The van der Waals surface area contributed by atoms with Crippen LogP contribution in [0.4, 0.5) is 5.69 Å². The Balaban J connectivity index is 2.04. The number of hydrogen-bond acceptors (Lipinski definition) is 4. The number of rotatable bonds is 4. The number of nitrogens with one attached hydrogen (secondary N) is 2. The number of ether oxygens (including phenoxy) is 1. The van der Waals surface area contributed by atoms with E-state index < -0.39 is 6.04 Å². The van der Waals surface area contributed by atoms with Crippen LogP contribution < -0.4 is 10.6 Å². The number of carbonyl (C=O) groups is 2. The van der Waals surface area contributed by atoms with Gasteiger partial charge in [0.1, 0.15) is 6.04 Å². The molecular weight excluding hydrogens is 256 g/mol. The summed E-state index contributed by atoms with van der Waals surface area (Å²) in [6, 6.07) is 4.75. The van der Waals surface area contributed by atoms with E-state index in [0.717, 1.165) is 11.3 Å². The van der Waals surface area contributed by atoms with Gasteiger partial charge in [0.25, 0.3) is 0 Å². The largest absolute Gasteiger partial charge is 0.469 e. The van der Waals surface area contributed by atoms with Crippen LogP contribution in [0.1, 0.15) is 18.0 Å². The number of methoxy groups -OCH3 is 1. The van der Waals surface area contributed by atoms with Crippen LogP contribution in [0.2, 0.25) is 5.02 Å². The Morgan fingerprint density at radius 2 is 2.33 bits per heavy atom. The number of carbonyl (C=O) groups excluding carboxylic acids is 2. The lowest BCUT2D eigenvalue weighted by molar-refractivity contribution is -0.140. The summed E-state index contributed by atoms with van der Waals surface area (Å²) >= 11 is 5.90. The number of hydrogen-bond donors (Lipinski definition) is 2. The molecule has 0 aliphatic carbocycles. The van der Waals surface area contributed by atoms with Gasteiger partial charge in [-0.05, 0) is 18.2 Å². The van der Waals surface area contributed by atoms with Gasteiger partial charge in [0.05, 0.1) is 13.5 Å². The molecule has 0 aromatic heterocycles. The second-order valence-electron chi connectivity index (χ2n) is 3.93. The van der Waals surface area contributed by atoms with Crippen molar-refractivity contribution in [1.82, 2.24) is 5.32 Å². The summed E-state index contributed by atoms with van der Waals surface area (Å²) in [5.41, 5.74) is 1.55. The first-order valence-corrected chi connectivity index (χ1v) is 5.90. The molecule has 0 saturated heterocycles. The van der Waals surface area contributed by atoms with Crippen molar-refractivity contribution in [2.75, 3.05) is 19.0 Å². The van der Waals surface area contributed by atoms with Crippen LogP contribution in [0.25, 0.3) is 0 Å². The first-order valence-electron chi connectivity index (χ1n) is 5.52. The molecule has 1 unspecified atom stereocenters. The quantitative estimate of drug-likeness (QED) is 0.812. The zero-order valence-corrected chi connectivity index (χ0v) is 10.6. The fourth-order valence-corrected chi connectivity index (χ4v) is 2.04. The number of esters is 1. The molecule has 18 heavy (non-hydrogen) atoms. The highest BCUT2D eigenvalue weighted by Gasteiger charge is 2.30. The number of anilines is 1. The molecule has 0 fully saturated rings. The number of halogens is 1. The lowest BCUT2D eigenvalue weighted by atomic mass is 10.1. The van der Waals surface area contributed by atoms with Gasteiger partial charge in [-0.15, -0.1) is 0 Å². The molecule has 1 amide bonds. The topological polar surface area (TPSA) is 67.4 Å². The van der Waals surface area contributed by atoms with E-state index in [1.54, 1.807) is 18.2 Å². The van der Waals surface area contributed by atoms with E-state index in [1.165, 1.54) is 7.11 Å². The Labute approximate surface area is 109 Å². The first kappa shape index (κ1) is 12.9. The Kier molecular flexibility index (Phi) is 3.84. The highest BCUT2D eigenvalue weighted by atomic mass is 35.5. The summed E-state index contributed by atoms with van der Waals surface area (Å²) in [6.45, 7) is 0.372. The van der Waals surface area contributed by atoms with Crippen LogP contribution in [0.5, 0.6) is 0 Å². The minimum atomic E-state index is -0.469. The summed E-state index contributed by atoms with van der Waals surface area (Å²) in [7, 11) is 1.33. The standard InChI is InChI=1S/C12H13ClN2O3/c1-18-10(16)4-5-14-11-8-6-7(13)2-3-9(8)15-12(11)17/h2-3,6,11,14H,4-5H2,1H3,(H,15,17). The predicted molar refractivity (Wildman–Crippen MR) is 67.5 cm³/mol. The van der Waals surface area contributed by atoms with E-state index in [4.69, 9.17) is 11.6 Å². The third-order valence-corrected chi connectivity index (χ3v) is 2.99. The Bertz CT molecular complexity index is 490. The Morgan fingerprint density at radius 1 is 1.56 bits per heavy atom. The zero-order chi connectivity index (χ0) is 13.1. The highest BCUT2D eigenvalue weighted by Crippen LogP contribution is 2.32. The van der Waals surface area contributed by atoms with Crippen LogP contribution in [-0.4, -0.2) is 25.5 Å².